The molecule has 1 aliphatic heterocycles. The smallest absolute Gasteiger partial charge is 0.393 e. The van der Waals surface area contributed by atoms with Gasteiger partial charge in [-0.1, -0.05) is 74.5 Å². The summed E-state index contributed by atoms with van der Waals surface area (Å²) >= 11 is 0. The molecule has 0 radical (unpaired) electrons. The van der Waals surface area contributed by atoms with Gasteiger partial charge in [0, 0.05) is 53.6 Å². The molecular formula is C45H56F3NO6. The summed E-state index contributed by atoms with van der Waals surface area (Å²) < 4.78 is 53.7. The van der Waals surface area contributed by atoms with E-state index in [2.05, 4.69) is 30.9 Å². The maximum atomic E-state index is 14.8. The predicted octanol–water partition coefficient (Wildman–Crippen LogP) is 7.54. The molecule has 0 aromatic heterocycles. The average Bonchev–Trinajstić information content (AvgIpc) is 3.76. The van der Waals surface area contributed by atoms with Crippen molar-refractivity contribution in [3.63, 3.8) is 0 Å². The number of allylic oxidation sites excluding steroid dienone is 4. The molecule has 1 saturated heterocycles. The van der Waals surface area contributed by atoms with Gasteiger partial charge in [-0.2, -0.15) is 13.2 Å². The van der Waals surface area contributed by atoms with Crippen molar-refractivity contribution in [2.45, 2.75) is 108 Å². The van der Waals surface area contributed by atoms with E-state index in [0.29, 0.717) is 64.1 Å². The fourth-order valence-electron chi connectivity index (χ4n) is 12.5. The summed E-state index contributed by atoms with van der Waals surface area (Å²) in [7, 11) is 0. The molecule has 9 rings (SSSR count). The molecule has 1 unspecified atom stereocenters. The minimum Gasteiger partial charge on any atom is -0.393 e. The summed E-state index contributed by atoms with van der Waals surface area (Å²) in [6.45, 7) is 6.84. The van der Waals surface area contributed by atoms with Crippen LogP contribution in [-0.2, 0) is 22.3 Å². The first-order chi connectivity index (χ1) is 26.1. The zero-order chi connectivity index (χ0) is 38.9. The van der Waals surface area contributed by atoms with E-state index in [9.17, 15) is 33.3 Å². The van der Waals surface area contributed by atoms with Crippen molar-refractivity contribution in [3.05, 3.63) is 95.1 Å². The van der Waals surface area contributed by atoms with Gasteiger partial charge in [0.2, 0.25) is 0 Å². The van der Waals surface area contributed by atoms with E-state index in [1.165, 1.54) is 12.1 Å². The van der Waals surface area contributed by atoms with E-state index in [1.54, 1.807) is 0 Å². The molecule has 3 N–H and O–H groups in total. The Bertz CT molecular complexity index is 1810. The van der Waals surface area contributed by atoms with Crippen molar-refractivity contribution in [3.8, 4) is 0 Å². The Hall–Kier alpha value is -2.86. The summed E-state index contributed by atoms with van der Waals surface area (Å²) in [5, 5.41) is 35.3. The van der Waals surface area contributed by atoms with Crippen LogP contribution in [0.2, 0.25) is 0 Å². The number of benzene rings is 2. The average molecular weight is 764 g/mol. The van der Waals surface area contributed by atoms with Crippen LogP contribution in [0, 0.1) is 33.5 Å². The molecule has 10 heteroatoms. The van der Waals surface area contributed by atoms with Crippen molar-refractivity contribution in [1.29, 1.82) is 0 Å². The van der Waals surface area contributed by atoms with Gasteiger partial charge in [0.05, 0.1) is 42.7 Å². The summed E-state index contributed by atoms with van der Waals surface area (Å²) in [4.78, 5) is 17.0. The van der Waals surface area contributed by atoms with Crippen molar-refractivity contribution < 1.29 is 42.8 Å². The van der Waals surface area contributed by atoms with E-state index < -0.39 is 51.6 Å². The number of ketones is 1. The molecular weight excluding hydrogens is 707 g/mol. The minimum absolute atomic E-state index is 0.00524. The first kappa shape index (κ1) is 39.0. The molecule has 2 aromatic carbocycles. The molecule has 298 valence electrons. The first-order valence-electron chi connectivity index (χ1n) is 20.3. The number of carbonyl (C=O) groups excluding carboxylic acids is 1. The number of hydrogen-bond donors (Lipinski definition) is 3. The molecule has 2 spiro atoms. The fraction of sp³-hybridized carbons (Fsp3) is 0.622. The van der Waals surface area contributed by atoms with Crippen LogP contribution in [0.1, 0.15) is 93.1 Å². The quantitative estimate of drug-likeness (QED) is 0.152. The van der Waals surface area contributed by atoms with Gasteiger partial charge in [0.1, 0.15) is 0 Å². The van der Waals surface area contributed by atoms with Crippen molar-refractivity contribution in [1.82, 2.24) is 4.90 Å². The highest BCUT2D eigenvalue weighted by Crippen LogP contribution is 2.78. The molecule has 7 aliphatic rings. The largest absolute Gasteiger partial charge is 0.416 e. The third-order valence-electron chi connectivity index (χ3n) is 15.3. The molecule has 4 fully saturated rings. The lowest BCUT2D eigenvalue weighted by Gasteiger charge is -2.71. The zero-order valence-corrected chi connectivity index (χ0v) is 32.1. The number of ether oxygens (including phenoxy) is 2. The molecule has 0 amide bonds. The standard InChI is InChI=1S/C45H56F3NO6/c1-40-16-13-33(50)23-42(40)19-20-44(36(24-42)39(52)31-10-6-11-32(22-31)45(46,47)48)37(40)14-17-41(2)38(44)15-18-43(41,53)29-49(26-35-12-7-21-55-35)25-34(51)28-54-27-30-8-4-3-5-9-30/h3-6,8-11,19-20,22,24,33-35,37-38,50-51,53H,7,12-18,21,23,25-29H2,1-2H3/t33?,34-,35-,37-,38-,40-,41+,42+,43-,44-/m1/s1. The van der Waals surface area contributed by atoms with Gasteiger partial charge < -0.3 is 24.8 Å². The topological polar surface area (TPSA) is 99.5 Å². The highest BCUT2D eigenvalue weighted by Gasteiger charge is 2.74. The maximum Gasteiger partial charge on any atom is 0.416 e. The van der Waals surface area contributed by atoms with E-state index in [4.69, 9.17) is 9.47 Å². The Morgan fingerprint density at radius 3 is 2.47 bits per heavy atom. The van der Waals surface area contributed by atoms with E-state index >= 15 is 0 Å². The summed E-state index contributed by atoms with van der Waals surface area (Å²) in [6.07, 6.45) is 6.87. The second kappa shape index (κ2) is 14.2. The number of fused-ring (bicyclic) bond motifs is 1. The van der Waals surface area contributed by atoms with Crippen LogP contribution in [0.25, 0.3) is 0 Å². The van der Waals surface area contributed by atoms with E-state index in [1.807, 2.05) is 36.4 Å². The molecule has 55 heavy (non-hydrogen) atoms. The first-order valence-corrected chi connectivity index (χ1v) is 20.3. The van der Waals surface area contributed by atoms with E-state index in [0.717, 1.165) is 49.8 Å². The van der Waals surface area contributed by atoms with Crippen LogP contribution in [0.3, 0.4) is 0 Å². The Labute approximate surface area is 322 Å². The lowest BCUT2D eigenvalue weighted by atomic mass is 9.32. The van der Waals surface area contributed by atoms with Crippen molar-refractivity contribution in [2.75, 3.05) is 32.8 Å². The second-order valence-electron chi connectivity index (χ2n) is 18.2. The molecule has 3 saturated carbocycles. The van der Waals surface area contributed by atoms with Crippen LogP contribution < -0.4 is 0 Å². The van der Waals surface area contributed by atoms with Crippen LogP contribution >= 0.6 is 0 Å². The summed E-state index contributed by atoms with van der Waals surface area (Å²) in [6, 6.07) is 14.6. The van der Waals surface area contributed by atoms with Crippen LogP contribution in [-0.4, -0.2) is 82.8 Å². The van der Waals surface area contributed by atoms with Gasteiger partial charge in [0.15, 0.2) is 5.78 Å². The van der Waals surface area contributed by atoms with Gasteiger partial charge >= 0.3 is 6.18 Å². The third-order valence-corrected chi connectivity index (χ3v) is 15.3. The fourth-order valence-corrected chi connectivity index (χ4v) is 12.5. The van der Waals surface area contributed by atoms with E-state index in [-0.39, 0.29) is 35.5 Å². The zero-order valence-electron chi connectivity index (χ0n) is 32.1. The van der Waals surface area contributed by atoms with Crippen LogP contribution in [0.5, 0.6) is 0 Å². The highest BCUT2D eigenvalue weighted by molar-refractivity contribution is 6.10. The SMILES string of the molecule is C[C@]12CC[C@H]3[C@]4(C=C[C@@]5(C=C4C(=O)c4cccc(C(F)(F)F)c4)CC(O)CC[C@]35C)[C@@H]1CC[C@@]2(O)CN(C[C@@H](O)COCc1ccccc1)C[C@H]1CCCO1. The number of aliphatic hydroxyl groups excluding tert-OH is 2. The van der Waals surface area contributed by atoms with Crippen LogP contribution in [0.15, 0.2) is 78.4 Å². The van der Waals surface area contributed by atoms with Gasteiger partial charge in [0.25, 0.3) is 0 Å². The number of aliphatic hydroxyl groups is 3. The lowest BCUT2D eigenvalue weighted by Crippen LogP contribution is -2.67. The van der Waals surface area contributed by atoms with Gasteiger partial charge in [-0.25, -0.2) is 0 Å². The Balaban J connectivity index is 1.12. The van der Waals surface area contributed by atoms with Crippen molar-refractivity contribution in [2.24, 2.45) is 33.5 Å². The number of nitrogens with zero attached hydrogens (tertiary/aromatic N) is 1. The minimum atomic E-state index is -4.59. The Morgan fingerprint density at radius 2 is 1.73 bits per heavy atom. The van der Waals surface area contributed by atoms with Gasteiger partial charge in [-0.15, -0.1) is 0 Å². The molecule has 6 aliphatic carbocycles. The summed E-state index contributed by atoms with van der Waals surface area (Å²) in [5.74, 6) is -0.550. The number of rotatable bonds is 12. The van der Waals surface area contributed by atoms with Gasteiger partial charge in [-0.05, 0) is 92.7 Å². The Morgan fingerprint density at radius 1 is 0.982 bits per heavy atom. The Kier molecular flexibility index (Phi) is 10.1. The molecule has 2 bridgehead atoms. The predicted molar refractivity (Wildman–Crippen MR) is 202 cm³/mol. The van der Waals surface area contributed by atoms with Crippen LogP contribution in [0.4, 0.5) is 13.2 Å². The van der Waals surface area contributed by atoms with Gasteiger partial charge in [-0.3, -0.25) is 9.69 Å². The molecule has 2 aromatic rings. The highest BCUT2D eigenvalue weighted by atomic mass is 19.4. The number of halogens is 3. The normalized spacial score (nSPS) is 38.4. The third kappa shape index (κ3) is 6.47. The molecule has 10 atom stereocenters. The molecule has 1 heterocycles. The van der Waals surface area contributed by atoms with Crippen molar-refractivity contribution >= 4 is 5.78 Å². The summed E-state index contributed by atoms with van der Waals surface area (Å²) in [5.41, 5.74) is -2.78. The number of carbonyl (C=O) groups is 1. The maximum absolute atomic E-state index is 14.8. The lowest BCUT2D eigenvalue weighted by molar-refractivity contribution is -0.177. The number of alkyl halides is 3. The number of hydrogen-bond acceptors (Lipinski definition) is 7. The second-order valence-corrected chi connectivity index (χ2v) is 18.2. The monoisotopic (exact) mass is 763 g/mol. The number of Topliss-reactive ketones (excluding diaryl/α,β-unsaturated/α-hetero) is 1. The molecule has 7 nitrogen and oxygen atoms in total.